The lowest BCUT2D eigenvalue weighted by Crippen LogP contribution is -2.37. The largest absolute Gasteiger partial charge is 0.316 e. The number of hydrogen-bond acceptors (Lipinski definition) is 3. The first-order valence-corrected chi connectivity index (χ1v) is 8.23. The average Bonchev–Trinajstić information content (AvgIpc) is 3.05. The van der Waals surface area contributed by atoms with Crippen LogP contribution in [-0.2, 0) is 0 Å². The van der Waals surface area contributed by atoms with Gasteiger partial charge in [0.15, 0.2) is 0 Å². The van der Waals surface area contributed by atoms with Crippen LogP contribution in [0.2, 0.25) is 0 Å². The monoisotopic (exact) mass is 264 g/mol. The summed E-state index contributed by atoms with van der Waals surface area (Å²) in [6.45, 7) is 8.47. The molecular formula is C15H24N2S. The molecule has 3 heteroatoms. The van der Waals surface area contributed by atoms with Crippen molar-refractivity contribution in [1.82, 2.24) is 10.2 Å². The number of rotatable bonds is 4. The minimum Gasteiger partial charge on any atom is -0.316 e. The van der Waals surface area contributed by atoms with Gasteiger partial charge in [-0.2, -0.15) is 0 Å². The standard InChI is InChI=1S/C15H24N2S/c1-3-13-12-9-16-8-11(12)10-17(13)14(4-2)15-6-5-7-18-15/h5-7,11-14,16H,3-4,8-10H2,1-2H3. The zero-order chi connectivity index (χ0) is 12.5. The van der Waals surface area contributed by atoms with Crippen LogP contribution in [-0.4, -0.2) is 30.6 Å². The topological polar surface area (TPSA) is 15.3 Å². The van der Waals surface area contributed by atoms with E-state index in [0.29, 0.717) is 6.04 Å². The first-order chi connectivity index (χ1) is 8.85. The Labute approximate surface area is 114 Å². The van der Waals surface area contributed by atoms with Gasteiger partial charge in [0.05, 0.1) is 0 Å². The Morgan fingerprint density at radius 3 is 3.00 bits per heavy atom. The van der Waals surface area contributed by atoms with E-state index in [9.17, 15) is 0 Å². The molecule has 3 rings (SSSR count). The van der Waals surface area contributed by atoms with Crippen LogP contribution in [0.25, 0.3) is 0 Å². The molecule has 2 fully saturated rings. The van der Waals surface area contributed by atoms with Gasteiger partial charge in [-0.05, 0) is 49.2 Å². The van der Waals surface area contributed by atoms with Crippen molar-refractivity contribution in [1.29, 1.82) is 0 Å². The second-order valence-electron chi connectivity index (χ2n) is 5.69. The van der Waals surface area contributed by atoms with Crippen LogP contribution < -0.4 is 5.32 Å². The van der Waals surface area contributed by atoms with Gasteiger partial charge >= 0.3 is 0 Å². The predicted octanol–water partition coefficient (Wildman–Crippen LogP) is 3.13. The van der Waals surface area contributed by atoms with Gasteiger partial charge in [-0.3, -0.25) is 4.90 Å². The van der Waals surface area contributed by atoms with Crippen molar-refractivity contribution in [2.45, 2.75) is 38.8 Å². The molecule has 4 atom stereocenters. The molecule has 0 bridgehead atoms. The molecule has 2 aliphatic rings. The van der Waals surface area contributed by atoms with Crippen molar-refractivity contribution in [2.75, 3.05) is 19.6 Å². The summed E-state index contributed by atoms with van der Waals surface area (Å²) in [5.74, 6) is 1.79. The van der Waals surface area contributed by atoms with Crippen molar-refractivity contribution in [3.05, 3.63) is 22.4 Å². The highest BCUT2D eigenvalue weighted by Crippen LogP contribution is 2.41. The fourth-order valence-corrected chi connectivity index (χ4v) is 4.96. The van der Waals surface area contributed by atoms with Crippen molar-refractivity contribution in [3.63, 3.8) is 0 Å². The third kappa shape index (κ3) is 2.02. The maximum absolute atomic E-state index is 3.58. The predicted molar refractivity (Wildman–Crippen MR) is 78.0 cm³/mol. The molecule has 3 heterocycles. The fraction of sp³-hybridized carbons (Fsp3) is 0.733. The quantitative estimate of drug-likeness (QED) is 0.899. The van der Waals surface area contributed by atoms with Gasteiger partial charge in [0.25, 0.3) is 0 Å². The van der Waals surface area contributed by atoms with Crippen LogP contribution in [0, 0.1) is 11.8 Å². The number of thiophene rings is 1. The van der Waals surface area contributed by atoms with Crippen LogP contribution in [0.3, 0.4) is 0 Å². The maximum atomic E-state index is 3.58. The van der Waals surface area contributed by atoms with Crippen LogP contribution in [0.1, 0.15) is 37.6 Å². The molecule has 18 heavy (non-hydrogen) atoms. The summed E-state index contributed by atoms with van der Waals surface area (Å²) >= 11 is 1.93. The molecule has 2 aliphatic heterocycles. The fourth-order valence-electron chi connectivity index (χ4n) is 4.03. The molecule has 0 saturated carbocycles. The molecule has 1 N–H and O–H groups in total. The lowest BCUT2D eigenvalue weighted by atomic mass is 9.92. The van der Waals surface area contributed by atoms with Crippen LogP contribution in [0.15, 0.2) is 17.5 Å². The minimum atomic E-state index is 0.653. The molecule has 0 aromatic carbocycles. The summed E-state index contributed by atoms with van der Waals surface area (Å²) in [5, 5.41) is 5.80. The summed E-state index contributed by atoms with van der Waals surface area (Å²) in [7, 11) is 0. The molecule has 0 spiro atoms. The van der Waals surface area contributed by atoms with E-state index in [4.69, 9.17) is 0 Å². The molecule has 0 amide bonds. The molecule has 0 radical (unpaired) electrons. The SMILES string of the molecule is CCC(c1cccs1)N1CC2CNCC2C1CC. The van der Waals surface area contributed by atoms with Crippen molar-refractivity contribution in [3.8, 4) is 0 Å². The van der Waals surface area contributed by atoms with E-state index in [1.165, 1.54) is 32.5 Å². The molecule has 100 valence electrons. The van der Waals surface area contributed by atoms with Crippen LogP contribution >= 0.6 is 11.3 Å². The van der Waals surface area contributed by atoms with Gasteiger partial charge < -0.3 is 5.32 Å². The summed E-state index contributed by atoms with van der Waals surface area (Å²) < 4.78 is 0. The molecule has 4 unspecified atom stereocenters. The second kappa shape index (κ2) is 5.32. The third-order valence-corrected chi connectivity index (χ3v) is 5.81. The highest BCUT2D eigenvalue weighted by atomic mass is 32.1. The van der Waals surface area contributed by atoms with E-state index < -0.39 is 0 Å². The van der Waals surface area contributed by atoms with Crippen molar-refractivity contribution >= 4 is 11.3 Å². The molecule has 2 saturated heterocycles. The lowest BCUT2D eigenvalue weighted by Gasteiger charge is -2.33. The Morgan fingerprint density at radius 1 is 1.44 bits per heavy atom. The summed E-state index contributed by atoms with van der Waals surface area (Å²) in [5.41, 5.74) is 0. The Balaban J connectivity index is 1.82. The van der Waals surface area contributed by atoms with E-state index in [1.807, 2.05) is 11.3 Å². The van der Waals surface area contributed by atoms with Gasteiger partial charge in [0.1, 0.15) is 0 Å². The maximum Gasteiger partial charge on any atom is 0.0442 e. The smallest absolute Gasteiger partial charge is 0.0442 e. The van der Waals surface area contributed by atoms with Gasteiger partial charge in [-0.25, -0.2) is 0 Å². The summed E-state index contributed by atoms with van der Waals surface area (Å²) in [6.07, 6.45) is 2.54. The number of likely N-dealkylation sites (tertiary alicyclic amines) is 1. The van der Waals surface area contributed by atoms with Crippen molar-refractivity contribution in [2.24, 2.45) is 11.8 Å². The number of nitrogens with one attached hydrogen (secondary N) is 1. The van der Waals surface area contributed by atoms with Gasteiger partial charge in [-0.1, -0.05) is 19.9 Å². The first-order valence-electron chi connectivity index (χ1n) is 7.35. The molecule has 0 aliphatic carbocycles. The zero-order valence-electron chi connectivity index (χ0n) is 11.4. The Hall–Kier alpha value is -0.380. The highest BCUT2D eigenvalue weighted by Gasteiger charge is 2.45. The Morgan fingerprint density at radius 2 is 2.33 bits per heavy atom. The zero-order valence-corrected chi connectivity index (χ0v) is 12.2. The minimum absolute atomic E-state index is 0.653. The molecule has 1 aromatic heterocycles. The average molecular weight is 264 g/mol. The molecule has 2 nitrogen and oxygen atoms in total. The van der Waals surface area contributed by atoms with E-state index in [-0.39, 0.29) is 0 Å². The normalized spacial score (nSPS) is 33.8. The van der Waals surface area contributed by atoms with E-state index in [0.717, 1.165) is 17.9 Å². The highest BCUT2D eigenvalue weighted by molar-refractivity contribution is 7.10. The van der Waals surface area contributed by atoms with Crippen molar-refractivity contribution < 1.29 is 0 Å². The second-order valence-corrected chi connectivity index (χ2v) is 6.67. The first kappa shape index (κ1) is 12.6. The number of hydrogen-bond donors (Lipinski definition) is 1. The Bertz CT molecular complexity index is 376. The van der Waals surface area contributed by atoms with E-state index >= 15 is 0 Å². The van der Waals surface area contributed by atoms with E-state index in [2.05, 4.69) is 41.6 Å². The lowest BCUT2D eigenvalue weighted by molar-refractivity contribution is 0.153. The summed E-state index contributed by atoms with van der Waals surface area (Å²) in [4.78, 5) is 4.37. The Kier molecular flexibility index (Phi) is 3.73. The van der Waals surface area contributed by atoms with Crippen LogP contribution in [0.4, 0.5) is 0 Å². The molecule has 1 aromatic rings. The van der Waals surface area contributed by atoms with Gasteiger partial charge in [0.2, 0.25) is 0 Å². The van der Waals surface area contributed by atoms with E-state index in [1.54, 1.807) is 4.88 Å². The van der Waals surface area contributed by atoms with Gasteiger partial charge in [-0.15, -0.1) is 11.3 Å². The number of fused-ring (bicyclic) bond motifs is 1. The van der Waals surface area contributed by atoms with Gasteiger partial charge in [0, 0.05) is 23.5 Å². The number of nitrogens with zero attached hydrogens (tertiary/aromatic N) is 1. The molecular weight excluding hydrogens is 240 g/mol. The summed E-state index contributed by atoms with van der Waals surface area (Å²) in [6, 6.07) is 5.96. The van der Waals surface area contributed by atoms with Crippen LogP contribution in [0.5, 0.6) is 0 Å². The third-order valence-electron chi connectivity index (χ3n) is 4.83.